The van der Waals surface area contributed by atoms with Crippen LogP contribution in [0.15, 0.2) is 63.3 Å². The molecule has 3 aromatic rings. The summed E-state index contributed by atoms with van der Waals surface area (Å²) in [4.78, 5) is 10.7. The molecule has 2 aliphatic rings. The summed E-state index contributed by atoms with van der Waals surface area (Å²) in [5.41, 5.74) is 0.922. The van der Waals surface area contributed by atoms with Crippen molar-refractivity contribution in [3.05, 3.63) is 48.7 Å². The Morgan fingerprint density at radius 3 is 2.52 bits per heavy atom. The summed E-state index contributed by atoms with van der Waals surface area (Å²) >= 11 is 1.63. The predicted octanol–water partition coefficient (Wildman–Crippen LogP) is 5.79. The number of hydrogen-bond donors (Lipinski definition) is 1. The minimum atomic E-state index is -3.85. The number of sulfone groups is 1. The first kappa shape index (κ1) is 29.2. The summed E-state index contributed by atoms with van der Waals surface area (Å²) in [6.45, 7) is 6.50. The van der Waals surface area contributed by atoms with Crippen LogP contribution in [-0.2, 0) is 9.84 Å². The molecule has 0 bridgehead atoms. The van der Waals surface area contributed by atoms with Crippen LogP contribution in [0.2, 0.25) is 0 Å². The van der Waals surface area contributed by atoms with Crippen molar-refractivity contribution < 1.29 is 18.3 Å². The number of unbranched alkanes of at least 4 members (excludes halogenated alkanes) is 1. The van der Waals surface area contributed by atoms with Gasteiger partial charge in [-0.25, -0.2) is 8.42 Å². The van der Waals surface area contributed by atoms with Crippen LogP contribution in [-0.4, -0.2) is 74.6 Å². The van der Waals surface area contributed by atoms with Gasteiger partial charge in [0.05, 0.1) is 28.3 Å². The van der Waals surface area contributed by atoms with Crippen LogP contribution in [0.4, 0.5) is 5.69 Å². The van der Waals surface area contributed by atoms with Crippen molar-refractivity contribution in [2.24, 2.45) is 0 Å². The summed E-state index contributed by atoms with van der Waals surface area (Å²) in [5, 5.41) is 11.9. The Labute approximate surface area is 242 Å². The molecule has 2 fully saturated rings. The van der Waals surface area contributed by atoms with E-state index in [1.807, 2.05) is 18.4 Å². The van der Waals surface area contributed by atoms with E-state index < -0.39 is 15.4 Å². The highest BCUT2D eigenvalue weighted by atomic mass is 32.2. The molecule has 0 radical (unpaired) electrons. The lowest BCUT2D eigenvalue weighted by Gasteiger charge is -2.31. The van der Waals surface area contributed by atoms with E-state index in [1.54, 1.807) is 36.0 Å². The molecule has 216 valence electrons. The molecule has 1 aliphatic carbocycles. The summed E-state index contributed by atoms with van der Waals surface area (Å²) in [6, 6.07) is 12.8. The Morgan fingerprint density at radius 1 is 1.02 bits per heavy atom. The third kappa shape index (κ3) is 6.43. The van der Waals surface area contributed by atoms with Gasteiger partial charge in [-0.15, -0.1) is 11.8 Å². The zero-order valence-electron chi connectivity index (χ0n) is 23.6. The van der Waals surface area contributed by atoms with Crippen LogP contribution in [0, 0.1) is 0 Å². The van der Waals surface area contributed by atoms with Crippen LogP contribution >= 0.6 is 11.8 Å². The average molecular weight is 584 g/mol. The Balaban J connectivity index is 1.49. The van der Waals surface area contributed by atoms with E-state index in [2.05, 4.69) is 27.8 Å². The maximum absolute atomic E-state index is 14.1. The number of rotatable bonds is 10. The Hall–Kier alpha value is -2.33. The molecule has 2 heterocycles. The highest BCUT2D eigenvalue weighted by Gasteiger charge is 2.34. The van der Waals surface area contributed by atoms with E-state index in [0.29, 0.717) is 25.4 Å². The number of nitrogens with zero attached hydrogens (tertiary/aromatic N) is 3. The first-order valence-corrected chi connectivity index (χ1v) is 17.2. The number of anilines is 1. The molecule has 40 heavy (non-hydrogen) atoms. The van der Waals surface area contributed by atoms with Gasteiger partial charge in [-0.05, 0) is 74.4 Å². The van der Waals surface area contributed by atoms with Gasteiger partial charge in [-0.2, -0.15) is 0 Å². The first-order valence-electron chi connectivity index (χ1n) is 14.5. The lowest BCUT2D eigenvalue weighted by Crippen LogP contribution is -2.42. The van der Waals surface area contributed by atoms with Gasteiger partial charge >= 0.3 is 0 Å². The minimum absolute atomic E-state index is 0.235. The molecular formula is C31H41N3O4S2. The number of fused-ring (bicyclic) bond motifs is 1. The van der Waals surface area contributed by atoms with Crippen molar-refractivity contribution >= 4 is 38.2 Å². The Bertz CT molecular complexity index is 1410. The number of benzene rings is 2. The van der Waals surface area contributed by atoms with Crippen molar-refractivity contribution in [2.75, 3.05) is 50.5 Å². The summed E-state index contributed by atoms with van der Waals surface area (Å²) in [6.07, 6.45) is 10.3. The summed E-state index contributed by atoms with van der Waals surface area (Å²) in [5.74, 6) is 0.672. The molecule has 1 saturated heterocycles. The predicted molar refractivity (Wildman–Crippen MR) is 163 cm³/mol. The summed E-state index contributed by atoms with van der Waals surface area (Å²) in [7, 11) is -3.85. The number of aromatic nitrogens is 1. The van der Waals surface area contributed by atoms with Gasteiger partial charge in [0, 0.05) is 49.2 Å². The normalized spacial score (nSPS) is 18.2. The van der Waals surface area contributed by atoms with E-state index in [9.17, 15) is 13.5 Å². The number of pyridine rings is 1. The monoisotopic (exact) mass is 583 g/mol. The molecule has 0 atom stereocenters. The first-order chi connectivity index (χ1) is 19.3. The third-order valence-corrected chi connectivity index (χ3v) is 10.7. The Kier molecular flexibility index (Phi) is 9.24. The number of hydrogen-bond acceptors (Lipinski definition) is 8. The lowest BCUT2D eigenvalue weighted by molar-refractivity contribution is 0.0112. The molecule has 0 unspecified atom stereocenters. The van der Waals surface area contributed by atoms with Gasteiger partial charge in [0.25, 0.3) is 0 Å². The molecule has 1 saturated carbocycles. The third-order valence-electron chi connectivity index (χ3n) is 8.16. The van der Waals surface area contributed by atoms with Crippen molar-refractivity contribution in [2.45, 2.75) is 72.2 Å². The fourth-order valence-electron chi connectivity index (χ4n) is 5.93. The quantitative estimate of drug-likeness (QED) is 0.237. The second-order valence-electron chi connectivity index (χ2n) is 11.1. The smallest absolute Gasteiger partial charge is 0.210 e. The van der Waals surface area contributed by atoms with Crippen LogP contribution in [0.3, 0.4) is 0 Å². The van der Waals surface area contributed by atoms with Crippen LogP contribution in [0.1, 0.15) is 51.9 Å². The highest BCUT2D eigenvalue weighted by Crippen LogP contribution is 2.38. The molecular weight excluding hydrogens is 542 g/mol. The van der Waals surface area contributed by atoms with E-state index >= 15 is 0 Å². The molecule has 1 N–H and O–H groups in total. The zero-order valence-corrected chi connectivity index (χ0v) is 25.3. The van der Waals surface area contributed by atoms with Gasteiger partial charge in [0.2, 0.25) is 9.84 Å². The second kappa shape index (κ2) is 12.7. The van der Waals surface area contributed by atoms with Crippen LogP contribution in [0.25, 0.3) is 10.9 Å². The number of β-amino-alcohol motifs (C(OH)–C–C–N with tert-alkyl or cyclic N) is 1. The SMILES string of the molecule is CCCCOc1ccc(S(=O)(=O)c2cnc3ccc(SC)cc3c2N2CCCN(CC3(O)CCCC3)CC2)cc1. The maximum atomic E-state index is 14.1. The van der Waals surface area contributed by atoms with Crippen molar-refractivity contribution in [3.63, 3.8) is 0 Å². The molecule has 7 nitrogen and oxygen atoms in total. The van der Waals surface area contributed by atoms with Crippen molar-refractivity contribution in [3.8, 4) is 5.75 Å². The lowest BCUT2D eigenvalue weighted by atomic mass is 10.0. The second-order valence-corrected chi connectivity index (χ2v) is 13.9. The molecule has 1 aliphatic heterocycles. The largest absolute Gasteiger partial charge is 0.494 e. The summed E-state index contributed by atoms with van der Waals surface area (Å²) < 4.78 is 34.0. The van der Waals surface area contributed by atoms with E-state index in [-0.39, 0.29) is 9.79 Å². The van der Waals surface area contributed by atoms with Gasteiger partial charge < -0.3 is 14.7 Å². The number of ether oxygens (including phenoxy) is 1. The minimum Gasteiger partial charge on any atom is -0.494 e. The van der Waals surface area contributed by atoms with E-state index in [4.69, 9.17) is 4.74 Å². The molecule has 5 rings (SSSR count). The van der Waals surface area contributed by atoms with E-state index in [0.717, 1.165) is 86.1 Å². The topological polar surface area (TPSA) is 83.0 Å². The fourth-order valence-corrected chi connectivity index (χ4v) is 7.80. The van der Waals surface area contributed by atoms with Gasteiger partial charge in [0.15, 0.2) is 0 Å². The maximum Gasteiger partial charge on any atom is 0.210 e. The number of aliphatic hydroxyl groups is 1. The van der Waals surface area contributed by atoms with Gasteiger partial charge in [-0.1, -0.05) is 26.2 Å². The van der Waals surface area contributed by atoms with Crippen molar-refractivity contribution in [1.29, 1.82) is 0 Å². The molecule has 1 aromatic heterocycles. The van der Waals surface area contributed by atoms with Crippen LogP contribution in [0.5, 0.6) is 5.75 Å². The highest BCUT2D eigenvalue weighted by molar-refractivity contribution is 7.98. The zero-order chi connectivity index (χ0) is 28.2. The standard InChI is InChI=1S/C31H41N3O4S2/c1-3-4-20-38-24-8-11-26(12-9-24)40(36,37)29-22-32-28-13-10-25(39-2)21-27(28)30(29)34-17-7-16-33(18-19-34)23-31(35)14-5-6-15-31/h8-13,21-22,35H,3-7,14-20,23H2,1-2H3. The molecule has 0 spiro atoms. The van der Waals surface area contributed by atoms with Gasteiger partial charge in [-0.3, -0.25) is 9.88 Å². The average Bonchev–Trinajstić information content (AvgIpc) is 3.26. The molecule has 9 heteroatoms. The van der Waals surface area contributed by atoms with E-state index in [1.165, 1.54) is 6.20 Å². The van der Waals surface area contributed by atoms with Crippen LogP contribution < -0.4 is 9.64 Å². The fraction of sp³-hybridized carbons (Fsp3) is 0.516. The Morgan fingerprint density at radius 2 is 1.80 bits per heavy atom. The molecule has 0 amide bonds. The van der Waals surface area contributed by atoms with Crippen molar-refractivity contribution in [1.82, 2.24) is 9.88 Å². The number of thioether (sulfide) groups is 1. The molecule has 2 aromatic carbocycles. The van der Waals surface area contributed by atoms with Gasteiger partial charge in [0.1, 0.15) is 10.6 Å².